The van der Waals surface area contributed by atoms with Gasteiger partial charge in [0.15, 0.2) is 6.61 Å². The average molecular weight is 308 g/mol. The highest BCUT2D eigenvalue weighted by atomic mass is 16.5. The number of hydrogen-bond donors (Lipinski definition) is 0. The van der Waals surface area contributed by atoms with Crippen molar-refractivity contribution < 1.29 is 19.1 Å². The van der Waals surface area contributed by atoms with E-state index in [1.54, 1.807) is 36.4 Å². The maximum Gasteiger partial charge on any atom is 0.331 e. The van der Waals surface area contributed by atoms with Gasteiger partial charge in [-0.1, -0.05) is 12.1 Å². The van der Waals surface area contributed by atoms with E-state index >= 15 is 0 Å². The van der Waals surface area contributed by atoms with E-state index in [9.17, 15) is 9.59 Å². The number of esters is 1. The average Bonchev–Trinajstić information content (AvgIpc) is 2.58. The Hall–Kier alpha value is -3.33. The van der Waals surface area contributed by atoms with E-state index in [0.29, 0.717) is 22.7 Å². The maximum atomic E-state index is 12.1. The molecule has 1 aliphatic heterocycles. The number of nitriles is 1. The molecule has 23 heavy (non-hydrogen) atoms. The Kier molecular flexibility index (Phi) is 3.93. The zero-order valence-electron chi connectivity index (χ0n) is 12.1. The minimum Gasteiger partial charge on any atom is -0.482 e. The van der Waals surface area contributed by atoms with Gasteiger partial charge < -0.3 is 9.47 Å². The lowest BCUT2D eigenvalue weighted by atomic mass is 10.2. The molecule has 3 rings (SSSR count). The number of nitrogens with zero attached hydrogens (tertiary/aromatic N) is 2. The number of rotatable bonds is 3. The van der Waals surface area contributed by atoms with E-state index in [4.69, 9.17) is 14.7 Å². The van der Waals surface area contributed by atoms with Crippen molar-refractivity contribution in [3.8, 4) is 17.6 Å². The van der Waals surface area contributed by atoms with Crippen LogP contribution in [0.15, 0.2) is 48.5 Å². The van der Waals surface area contributed by atoms with Crippen molar-refractivity contribution in [1.29, 1.82) is 5.26 Å². The number of carbonyl (C=O) groups is 2. The van der Waals surface area contributed by atoms with Crippen LogP contribution < -0.4 is 14.4 Å². The highest BCUT2D eigenvalue weighted by Gasteiger charge is 2.27. The Morgan fingerprint density at radius 2 is 1.96 bits per heavy atom. The van der Waals surface area contributed by atoms with Gasteiger partial charge in [-0.25, -0.2) is 4.79 Å². The van der Waals surface area contributed by atoms with E-state index in [1.807, 2.05) is 6.07 Å². The van der Waals surface area contributed by atoms with Gasteiger partial charge in [0.25, 0.3) is 5.91 Å². The van der Waals surface area contributed by atoms with E-state index < -0.39 is 5.97 Å². The fourth-order valence-corrected chi connectivity index (χ4v) is 2.22. The second-order valence-corrected chi connectivity index (χ2v) is 4.85. The first-order valence-corrected chi connectivity index (χ1v) is 6.90. The number of ether oxygens (including phenoxy) is 2. The van der Waals surface area contributed by atoms with Crippen LogP contribution in [0.2, 0.25) is 0 Å². The zero-order valence-corrected chi connectivity index (χ0v) is 12.1. The Morgan fingerprint density at radius 3 is 2.70 bits per heavy atom. The van der Waals surface area contributed by atoms with Crippen LogP contribution in [0.3, 0.4) is 0 Å². The number of amides is 1. The summed E-state index contributed by atoms with van der Waals surface area (Å²) in [5, 5.41) is 8.74. The second kappa shape index (κ2) is 6.20. The first-order valence-electron chi connectivity index (χ1n) is 6.90. The summed E-state index contributed by atoms with van der Waals surface area (Å²) in [6.45, 7) is -0.319. The Balaban J connectivity index is 1.72. The molecule has 0 saturated heterocycles. The molecule has 0 fully saturated rings. The molecule has 0 N–H and O–H groups in total. The van der Waals surface area contributed by atoms with Crippen LogP contribution in [-0.4, -0.2) is 25.0 Å². The van der Waals surface area contributed by atoms with E-state index in [0.717, 1.165) is 0 Å². The second-order valence-electron chi connectivity index (χ2n) is 4.85. The van der Waals surface area contributed by atoms with Gasteiger partial charge in [-0.15, -0.1) is 0 Å². The van der Waals surface area contributed by atoms with Crippen LogP contribution in [0.1, 0.15) is 5.56 Å². The predicted molar refractivity (Wildman–Crippen MR) is 81.1 cm³/mol. The first kappa shape index (κ1) is 14.6. The van der Waals surface area contributed by atoms with Crippen LogP contribution >= 0.6 is 0 Å². The van der Waals surface area contributed by atoms with E-state index in [2.05, 4.69) is 0 Å². The molecule has 0 saturated carbocycles. The Bertz CT molecular complexity index is 793. The fourth-order valence-electron chi connectivity index (χ4n) is 2.22. The molecule has 0 aliphatic carbocycles. The molecule has 1 aliphatic rings. The molecule has 2 aromatic carbocycles. The van der Waals surface area contributed by atoms with Gasteiger partial charge in [0.2, 0.25) is 0 Å². The van der Waals surface area contributed by atoms with Gasteiger partial charge in [0.1, 0.15) is 18.0 Å². The molecule has 0 bridgehead atoms. The molecule has 6 heteroatoms. The zero-order chi connectivity index (χ0) is 16.2. The predicted octanol–water partition coefficient (Wildman–Crippen LogP) is 1.89. The standard InChI is InChI=1S/C17H12N2O4/c18-9-12-5-7-13(8-6-12)23-17(21)10-19-14-3-1-2-4-15(14)22-11-16(19)20/h1-8H,10-11H2. The maximum absolute atomic E-state index is 12.1. The van der Waals surface area contributed by atoms with Crippen LogP contribution in [0.4, 0.5) is 5.69 Å². The van der Waals surface area contributed by atoms with Crippen molar-refractivity contribution in [2.75, 3.05) is 18.1 Å². The third kappa shape index (κ3) is 3.14. The number of anilines is 1. The molecular formula is C17H12N2O4. The van der Waals surface area contributed by atoms with Gasteiger partial charge in [-0.05, 0) is 36.4 Å². The van der Waals surface area contributed by atoms with Crippen molar-refractivity contribution in [2.45, 2.75) is 0 Å². The van der Waals surface area contributed by atoms with E-state index in [1.165, 1.54) is 17.0 Å². The molecule has 0 spiro atoms. The van der Waals surface area contributed by atoms with Crippen molar-refractivity contribution in [1.82, 2.24) is 0 Å². The fraction of sp³-hybridized carbons (Fsp3) is 0.118. The van der Waals surface area contributed by atoms with Crippen molar-refractivity contribution in [2.24, 2.45) is 0 Å². The number of para-hydroxylation sites is 2. The largest absolute Gasteiger partial charge is 0.482 e. The summed E-state index contributed by atoms with van der Waals surface area (Å²) in [7, 11) is 0. The molecule has 2 aromatic rings. The molecule has 6 nitrogen and oxygen atoms in total. The van der Waals surface area contributed by atoms with Gasteiger partial charge in [-0.3, -0.25) is 9.69 Å². The summed E-state index contributed by atoms with van der Waals surface area (Å²) in [5.74, 6) is 0.00139. The lowest BCUT2D eigenvalue weighted by Crippen LogP contribution is -2.43. The summed E-state index contributed by atoms with van der Waals surface area (Å²) in [4.78, 5) is 25.4. The van der Waals surface area contributed by atoms with Crippen LogP contribution in [0.5, 0.6) is 11.5 Å². The quantitative estimate of drug-likeness (QED) is 0.639. The monoisotopic (exact) mass is 308 g/mol. The third-order valence-electron chi connectivity index (χ3n) is 3.31. The molecule has 0 atom stereocenters. The Labute approximate surface area is 132 Å². The van der Waals surface area contributed by atoms with Crippen molar-refractivity contribution in [3.05, 3.63) is 54.1 Å². The third-order valence-corrected chi connectivity index (χ3v) is 3.31. The summed E-state index contributed by atoms with van der Waals surface area (Å²) in [5.41, 5.74) is 1.02. The first-order chi connectivity index (χ1) is 11.2. The van der Waals surface area contributed by atoms with E-state index in [-0.39, 0.29) is 19.1 Å². The molecule has 1 amide bonds. The summed E-state index contributed by atoms with van der Waals surface area (Å²) < 4.78 is 10.5. The number of fused-ring (bicyclic) bond motifs is 1. The molecule has 0 radical (unpaired) electrons. The van der Waals surface area contributed by atoms with Crippen LogP contribution in [0.25, 0.3) is 0 Å². The SMILES string of the molecule is N#Cc1ccc(OC(=O)CN2C(=O)COc3ccccc32)cc1. The normalized spacial score (nSPS) is 12.8. The lowest BCUT2D eigenvalue weighted by molar-refractivity contribution is -0.134. The van der Waals surface area contributed by atoms with Gasteiger partial charge in [0.05, 0.1) is 17.3 Å². The highest BCUT2D eigenvalue weighted by Crippen LogP contribution is 2.31. The summed E-state index contributed by atoms with van der Waals surface area (Å²) in [6, 6.07) is 15.2. The molecule has 0 aromatic heterocycles. The smallest absolute Gasteiger partial charge is 0.331 e. The number of benzene rings is 2. The number of carbonyl (C=O) groups excluding carboxylic acids is 2. The number of hydrogen-bond acceptors (Lipinski definition) is 5. The Morgan fingerprint density at radius 1 is 1.22 bits per heavy atom. The van der Waals surface area contributed by atoms with Crippen molar-refractivity contribution >= 4 is 17.6 Å². The lowest BCUT2D eigenvalue weighted by Gasteiger charge is -2.28. The summed E-state index contributed by atoms with van der Waals surface area (Å²) in [6.07, 6.45) is 0. The minimum absolute atomic E-state index is 0.110. The van der Waals surface area contributed by atoms with Gasteiger partial charge in [-0.2, -0.15) is 5.26 Å². The van der Waals surface area contributed by atoms with Gasteiger partial charge >= 0.3 is 5.97 Å². The van der Waals surface area contributed by atoms with Crippen molar-refractivity contribution in [3.63, 3.8) is 0 Å². The van der Waals surface area contributed by atoms with Crippen LogP contribution in [0, 0.1) is 11.3 Å². The minimum atomic E-state index is -0.570. The molecule has 1 heterocycles. The van der Waals surface area contributed by atoms with Crippen LogP contribution in [-0.2, 0) is 9.59 Å². The summed E-state index contributed by atoms with van der Waals surface area (Å²) >= 11 is 0. The molecular weight excluding hydrogens is 296 g/mol. The molecule has 114 valence electrons. The highest BCUT2D eigenvalue weighted by molar-refractivity contribution is 6.01. The molecule has 0 unspecified atom stereocenters. The van der Waals surface area contributed by atoms with Gasteiger partial charge in [0, 0.05) is 0 Å². The topological polar surface area (TPSA) is 79.6 Å².